The zero-order valence-electron chi connectivity index (χ0n) is 15.4. The van der Waals surface area contributed by atoms with Crippen LogP contribution in [0.4, 0.5) is 13.2 Å². The number of carbonyl (C=O) groups excluding carboxylic acids is 1. The van der Waals surface area contributed by atoms with Crippen molar-refractivity contribution in [1.82, 2.24) is 19.9 Å². The van der Waals surface area contributed by atoms with Gasteiger partial charge < -0.3 is 9.73 Å². The summed E-state index contributed by atoms with van der Waals surface area (Å²) in [6.07, 6.45) is -3.45. The Morgan fingerprint density at radius 2 is 1.93 bits per heavy atom. The van der Waals surface area contributed by atoms with Crippen LogP contribution in [0.2, 0.25) is 5.02 Å². The molecule has 0 spiro atoms. The summed E-state index contributed by atoms with van der Waals surface area (Å²) in [5.41, 5.74) is -1.04. The monoisotopic (exact) mass is 434 g/mol. The molecule has 1 N–H and O–H groups in total. The average Bonchev–Trinajstić information content (AvgIpc) is 3.36. The van der Waals surface area contributed by atoms with Crippen molar-refractivity contribution >= 4 is 23.2 Å². The Morgan fingerprint density at radius 1 is 1.20 bits per heavy atom. The summed E-state index contributed by atoms with van der Waals surface area (Å²) >= 11 is 6.23. The van der Waals surface area contributed by atoms with Gasteiger partial charge in [-0.3, -0.25) is 4.79 Å². The van der Waals surface area contributed by atoms with Crippen LogP contribution < -0.4 is 5.32 Å². The molecule has 6 nitrogen and oxygen atoms in total. The van der Waals surface area contributed by atoms with Crippen LogP contribution in [0.25, 0.3) is 17.1 Å². The first-order chi connectivity index (χ1) is 14.3. The Labute approximate surface area is 173 Å². The standard InChI is InChI=1S/C20H14ClF3N4O2/c1-11(12-6-3-2-4-7-12)25-19(29)17-16(21)18-26-13(14-8-5-9-30-14)10-15(20(22,23)24)28(18)27-17/h2-11H,1H3,(H,25,29). The van der Waals surface area contributed by atoms with Gasteiger partial charge in [0.05, 0.1) is 12.3 Å². The lowest BCUT2D eigenvalue weighted by Gasteiger charge is -2.13. The topological polar surface area (TPSA) is 72.4 Å². The zero-order chi connectivity index (χ0) is 21.5. The molecule has 0 saturated carbocycles. The van der Waals surface area contributed by atoms with Gasteiger partial charge >= 0.3 is 6.18 Å². The molecule has 0 aliphatic rings. The molecular weight excluding hydrogens is 421 g/mol. The van der Waals surface area contributed by atoms with Crippen molar-refractivity contribution in [1.29, 1.82) is 0 Å². The van der Waals surface area contributed by atoms with E-state index in [0.717, 1.165) is 11.6 Å². The number of nitrogens with one attached hydrogen (secondary N) is 1. The van der Waals surface area contributed by atoms with Gasteiger partial charge in [-0.05, 0) is 30.7 Å². The van der Waals surface area contributed by atoms with Gasteiger partial charge in [0, 0.05) is 0 Å². The van der Waals surface area contributed by atoms with Crippen LogP contribution in [0.1, 0.15) is 34.7 Å². The Bertz CT molecular complexity index is 1200. The molecule has 0 saturated heterocycles. The molecule has 30 heavy (non-hydrogen) atoms. The summed E-state index contributed by atoms with van der Waals surface area (Å²) in [5.74, 6) is -0.585. The fourth-order valence-electron chi connectivity index (χ4n) is 2.98. The van der Waals surface area contributed by atoms with E-state index in [-0.39, 0.29) is 27.8 Å². The van der Waals surface area contributed by atoms with Gasteiger partial charge in [0.25, 0.3) is 5.91 Å². The second-order valence-electron chi connectivity index (χ2n) is 6.51. The summed E-state index contributed by atoms with van der Waals surface area (Å²) < 4.78 is 46.6. The molecule has 0 aliphatic heterocycles. The molecule has 1 amide bonds. The molecule has 10 heteroatoms. The second kappa shape index (κ2) is 7.49. The smallest absolute Gasteiger partial charge is 0.433 e. The minimum absolute atomic E-state index is 0.0776. The number of rotatable bonds is 4. The van der Waals surface area contributed by atoms with Gasteiger partial charge in [-0.2, -0.15) is 18.3 Å². The number of benzene rings is 1. The van der Waals surface area contributed by atoms with E-state index in [9.17, 15) is 18.0 Å². The summed E-state index contributed by atoms with van der Waals surface area (Å²) in [4.78, 5) is 16.8. The van der Waals surface area contributed by atoms with E-state index in [0.29, 0.717) is 4.52 Å². The van der Waals surface area contributed by atoms with Crippen molar-refractivity contribution in [3.8, 4) is 11.5 Å². The maximum Gasteiger partial charge on any atom is 0.433 e. The molecule has 3 heterocycles. The maximum atomic E-state index is 13.7. The van der Waals surface area contributed by atoms with Crippen molar-refractivity contribution in [2.24, 2.45) is 0 Å². The van der Waals surface area contributed by atoms with E-state index in [1.807, 2.05) is 30.3 Å². The van der Waals surface area contributed by atoms with Crippen LogP contribution in [0.5, 0.6) is 0 Å². The summed E-state index contributed by atoms with van der Waals surface area (Å²) in [5, 5.41) is 6.21. The highest BCUT2D eigenvalue weighted by Crippen LogP contribution is 2.34. The highest BCUT2D eigenvalue weighted by atomic mass is 35.5. The number of hydrogen-bond acceptors (Lipinski definition) is 4. The third-order valence-electron chi connectivity index (χ3n) is 4.46. The molecule has 3 aromatic heterocycles. The third kappa shape index (κ3) is 3.63. The SMILES string of the molecule is CC(NC(=O)c1nn2c(C(F)(F)F)cc(-c3ccco3)nc2c1Cl)c1ccccc1. The van der Waals surface area contributed by atoms with E-state index < -0.39 is 23.8 Å². The number of alkyl halides is 3. The number of nitrogens with zero attached hydrogens (tertiary/aromatic N) is 3. The third-order valence-corrected chi connectivity index (χ3v) is 4.81. The summed E-state index contributed by atoms with van der Waals surface area (Å²) in [7, 11) is 0. The zero-order valence-corrected chi connectivity index (χ0v) is 16.2. The molecule has 1 unspecified atom stereocenters. The van der Waals surface area contributed by atoms with E-state index in [4.69, 9.17) is 16.0 Å². The Hall–Kier alpha value is -3.33. The summed E-state index contributed by atoms with van der Waals surface area (Å²) in [6, 6.07) is 12.5. The predicted molar refractivity (Wildman–Crippen MR) is 103 cm³/mol. The average molecular weight is 435 g/mol. The number of furan rings is 1. The van der Waals surface area contributed by atoms with Crippen LogP contribution in [-0.4, -0.2) is 20.5 Å². The van der Waals surface area contributed by atoms with E-state index in [1.54, 1.807) is 6.92 Å². The van der Waals surface area contributed by atoms with Crippen LogP contribution in [0.15, 0.2) is 59.2 Å². The Morgan fingerprint density at radius 3 is 2.57 bits per heavy atom. The summed E-state index contributed by atoms with van der Waals surface area (Å²) in [6.45, 7) is 1.74. The molecule has 4 rings (SSSR count). The lowest BCUT2D eigenvalue weighted by Crippen LogP contribution is -2.27. The van der Waals surface area contributed by atoms with Crippen LogP contribution in [0.3, 0.4) is 0 Å². The maximum absolute atomic E-state index is 13.7. The van der Waals surface area contributed by atoms with E-state index in [1.165, 1.54) is 18.4 Å². The normalized spacial score (nSPS) is 12.8. The minimum Gasteiger partial charge on any atom is -0.463 e. The molecule has 1 atom stereocenters. The fourth-order valence-corrected chi connectivity index (χ4v) is 3.23. The van der Waals surface area contributed by atoms with Gasteiger partial charge in [0.15, 0.2) is 22.8 Å². The van der Waals surface area contributed by atoms with Crippen LogP contribution >= 0.6 is 11.6 Å². The van der Waals surface area contributed by atoms with E-state index >= 15 is 0 Å². The number of carbonyl (C=O) groups is 1. The lowest BCUT2D eigenvalue weighted by molar-refractivity contribution is -0.142. The van der Waals surface area contributed by atoms with Crippen molar-refractivity contribution in [3.05, 3.63) is 76.8 Å². The fraction of sp³-hybridized carbons (Fsp3) is 0.150. The number of aromatic nitrogens is 3. The molecular formula is C20H14ClF3N4O2. The van der Waals surface area contributed by atoms with Gasteiger partial charge in [0.1, 0.15) is 10.7 Å². The number of fused-ring (bicyclic) bond motifs is 1. The van der Waals surface area contributed by atoms with Gasteiger partial charge in [-0.25, -0.2) is 9.50 Å². The first-order valence-electron chi connectivity index (χ1n) is 8.82. The lowest BCUT2D eigenvalue weighted by atomic mass is 10.1. The Kier molecular flexibility index (Phi) is 4.98. The molecule has 0 radical (unpaired) electrons. The highest BCUT2D eigenvalue weighted by Gasteiger charge is 2.37. The largest absolute Gasteiger partial charge is 0.463 e. The first-order valence-corrected chi connectivity index (χ1v) is 9.19. The highest BCUT2D eigenvalue weighted by molar-refractivity contribution is 6.36. The number of hydrogen-bond donors (Lipinski definition) is 1. The molecule has 154 valence electrons. The van der Waals surface area contributed by atoms with Gasteiger partial charge in [0.2, 0.25) is 0 Å². The molecule has 0 aliphatic carbocycles. The number of amides is 1. The van der Waals surface area contributed by atoms with Crippen LogP contribution in [0, 0.1) is 0 Å². The quantitative estimate of drug-likeness (QED) is 0.482. The minimum atomic E-state index is -4.76. The van der Waals surface area contributed by atoms with Crippen LogP contribution in [-0.2, 0) is 6.18 Å². The van der Waals surface area contributed by atoms with Crippen molar-refractivity contribution in [2.45, 2.75) is 19.1 Å². The predicted octanol–water partition coefficient (Wildman–Crippen LogP) is 5.15. The van der Waals surface area contributed by atoms with E-state index in [2.05, 4.69) is 15.4 Å². The number of halogens is 4. The first kappa shape index (κ1) is 20.0. The second-order valence-corrected chi connectivity index (χ2v) is 6.88. The molecule has 0 fully saturated rings. The Balaban J connectivity index is 1.78. The molecule has 4 aromatic rings. The molecule has 0 bridgehead atoms. The van der Waals surface area contributed by atoms with Crippen molar-refractivity contribution in [3.63, 3.8) is 0 Å². The molecule has 1 aromatic carbocycles. The van der Waals surface area contributed by atoms with Crippen molar-refractivity contribution in [2.75, 3.05) is 0 Å². The van der Waals surface area contributed by atoms with Gasteiger partial charge in [-0.15, -0.1) is 0 Å². The van der Waals surface area contributed by atoms with Gasteiger partial charge in [-0.1, -0.05) is 41.9 Å². The van der Waals surface area contributed by atoms with Crippen molar-refractivity contribution < 1.29 is 22.4 Å².